The predicted octanol–water partition coefficient (Wildman–Crippen LogP) is -5.25. The van der Waals surface area contributed by atoms with Crippen LogP contribution in [0.2, 0.25) is 0 Å². The third kappa shape index (κ3) is 4.31. The minimum Gasteiger partial charge on any atom is -0.394 e. The van der Waals surface area contributed by atoms with E-state index in [-0.39, 0.29) is 0 Å². The lowest BCUT2D eigenvalue weighted by molar-refractivity contribution is -0.341. The van der Waals surface area contributed by atoms with Gasteiger partial charge in [-0.15, -0.1) is 0 Å². The van der Waals surface area contributed by atoms with Gasteiger partial charge in [0, 0.05) is 6.92 Å². The fraction of sp³-hybridized carbons (Fsp3) is 0.929. The highest BCUT2D eigenvalue weighted by Gasteiger charge is 2.50. The number of aliphatic hydroxyl groups is 7. The smallest absolute Gasteiger partial charge is 0.217 e. The van der Waals surface area contributed by atoms with Crippen molar-refractivity contribution in [2.45, 2.75) is 68.3 Å². The maximum Gasteiger partial charge on any atom is 0.217 e. The number of hydrogen-bond acceptors (Lipinski definition) is 11. The van der Waals surface area contributed by atoms with Crippen LogP contribution in [0.25, 0.3) is 0 Å². The Hall–Kier alpha value is -0.930. The molecule has 12 heteroatoms. The van der Waals surface area contributed by atoms with Gasteiger partial charge >= 0.3 is 0 Å². The predicted molar refractivity (Wildman–Crippen MR) is 80.2 cm³/mol. The van der Waals surface area contributed by atoms with Crippen molar-refractivity contribution in [1.29, 1.82) is 0 Å². The Morgan fingerprint density at radius 3 is 2.04 bits per heavy atom. The first kappa shape index (κ1) is 21.4. The van der Waals surface area contributed by atoms with E-state index in [1.54, 1.807) is 0 Å². The fourth-order valence-electron chi connectivity index (χ4n) is 2.97. The summed E-state index contributed by atoms with van der Waals surface area (Å²) >= 11 is 0. The minimum absolute atomic E-state index is 0.574. The first-order valence-electron chi connectivity index (χ1n) is 8.06. The number of carbonyl (C=O) groups excluding carboxylic acids is 1. The molecule has 0 unspecified atom stereocenters. The number of hydrogen-bond donors (Lipinski definition) is 8. The molecule has 2 fully saturated rings. The van der Waals surface area contributed by atoms with Gasteiger partial charge in [-0.05, 0) is 0 Å². The van der Waals surface area contributed by atoms with Crippen molar-refractivity contribution in [2.75, 3.05) is 13.2 Å². The minimum atomic E-state index is -1.74. The summed E-state index contributed by atoms with van der Waals surface area (Å²) in [6, 6.07) is -1.28. The Balaban J connectivity index is 2.21. The molecule has 1 amide bonds. The molecule has 0 aromatic heterocycles. The molecule has 10 atom stereocenters. The van der Waals surface area contributed by atoms with Gasteiger partial charge in [0.15, 0.2) is 12.6 Å². The molecule has 0 spiro atoms. The molecule has 0 aromatic carbocycles. The molecule has 152 valence electrons. The molecule has 12 nitrogen and oxygen atoms in total. The number of ether oxygens (including phenoxy) is 3. The third-order valence-corrected chi connectivity index (χ3v) is 4.38. The molecule has 0 saturated carbocycles. The van der Waals surface area contributed by atoms with E-state index in [1.165, 1.54) is 0 Å². The van der Waals surface area contributed by atoms with Gasteiger partial charge in [-0.25, -0.2) is 0 Å². The van der Waals surface area contributed by atoms with Crippen LogP contribution in [0, 0.1) is 0 Å². The van der Waals surface area contributed by atoms with Gasteiger partial charge in [-0.1, -0.05) is 0 Å². The monoisotopic (exact) mass is 383 g/mol. The molecule has 2 saturated heterocycles. The number of amides is 1. The second-order valence-electron chi connectivity index (χ2n) is 6.26. The normalized spacial score (nSPS) is 46.8. The summed E-state index contributed by atoms with van der Waals surface area (Å²) in [5, 5.41) is 70.7. The molecule has 8 N–H and O–H groups in total. The zero-order chi connectivity index (χ0) is 19.6. The van der Waals surface area contributed by atoms with Crippen molar-refractivity contribution in [3.05, 3.63) is 0 Å². The summed E-state index contributed by atoms with van der Waals surface area (Å²) < 4.78 is 15.7. The molecule has 26 heavy (non-hydrogen) atoms. The second kappa shape index (κ2) is 8.84. The molecule has 2 rings (SSSR count). The summed E-state index contributed by atoms with van der Waals surface area (Å²) in [6.45, 7) is -0.195. The first-order valence-corrected chi connectivity index (χ1v) is 8.06. The number of aliphatic hydroxyl groups excluding tert-OH is 7. The number of nitrogens with one attached hydrogen (secondary N) is 1. The van der Waals surface area contributed by atoms with E-state index in [0.717, 1.165) is 6.92 Å². The van der Waals surface area contributed by atoms with Crippen LogP contribution < -0.4 is 5.32 Å². The highest BCUT2D eigenvalue weighted by molar-refractivity contribution is 5.73. The lowest BCUT2D eigenvalue weighted by Gasteiger charge is -2.46. The van der Waals surface area contributed by atoms with E-state index in [4.69, 9.17) is 14.2 Å². The van der Waals surface area contributed by atoms with Gasteiger partial charge in [-0.2, -0.15) is 0 Å². The Labute approximate surface area is 148 Å². The second-order valence-corrected chi connectivity index (χ2v) is 6.26. The summed E-state index contributed by atoms with van der Waals surface area (Å²) in [4.78, 5) is 11.4. The molecule has 0 bridgehead atoms. The van der Waals surface area contributed by atoms with Crippen LogP contribution in [-0.4, -0.2) is 116 Å². The van der Waals surface area contributed by atoms with E-state index >= 15 is 0 Å². The van der Waals surface area contributed by atoms with Crippen molar-refractivity contribution in [1.82, 2.24) is 5.32 Å². The maximum atomic E-state index is 11.4. The van der Waals surface area contributed by atoms with Gasteiger partial charge in [0.2, 0.25) is 5.91 Å². The zero-order valence-corrected chi connectivity index (χ0v) is 14.0. The molecule has 0 aromatic rings. The summed E-state index contributed by atoms with van der Waals surface area (Å²) in [5.74, 6) is -0.574. The van der Waals surface area contributed by atoms with Gasteiger partial charge in [0.25, 0.3) is 0 Å². The van der Waals surface area contributed by atoms with Crippen LogP contribution >= 0.6 is 0 Å². The first-order chi connectivity index (χ1) is 12.2. The highest BCUT2D eigenvalue weighted by Crippen LogP contribution is 2.28. The molecule has 2 aliphatic heterocycles. The van der Waals surface area contributed by atoms with Gasteiger partial charge < -0.3 is 55.3 Å². The van der Waals surface area contributed by atoms with Crippen molar-refractivity contribution in [3.63, 3.8) is 0 Å². The van der Waals surface area contributed by atoms with Crippen molar-refractivity contribution < 1.29 is 54.8 Å². The Morgan fingerprint density at radius 1 is 0.923 bits per heavy atom. The van der Waals surface area contributed by atoms with Gasteiger partial charge in [0.1, 0.15) is 48.8 Å². The lowest BCUT2D eigenvalue weighted by atomic mass is 9.95. The van der Waals surface area contributed by atoms with Crippen LogP contribution in [-0.2, 0) is 19.0 Å². The summed E-state index contributed by atoms with van der Waals surface area (Å²) in [6.07, 6.45) is -13.7. The van der Waals surface area contributed by atoms with Crippen LogP contribution in [0.3, 0.4) is 0 Å². The largest absolute Gasteiger partial charge is 0.394 e. The Morgan fingerprint density at radius 2 is 1.50 bits per heavy atom. The third-order valence-electron chi connectivity index (χ3n) is 4.38. The van der Waals surface area contributed by atoms with E-state index < -0.39 is 80.5 Å². The molecule has 0 aliphatic carbocycles. The standard InChI is InChI=1S/C14H25NO11/c1-4(18)15-7-12(9(20)6(3-17)24-13(7)23)26-14-11(22)10(21)8(19)5(2-16)25-14/h5-14,16-17,19-23H,2-3H2,1H3,(H,15,18)/t5-,6-,7-,8-,9+,10+,11+,12-,13-,14-/m1/s1. The molecule has 0 radical (unpaired) electrons. The highest BCUT2D eigenvalue weighted by atomic mass is 16.7. The van der Waals surface area contributed by atoms with E-state index in [1.807, 2.05) is 0 Å². The molecule has 2 heterocycles. The van der Waals surface area contributed by atoms with Crippen LogP contribution in [0.15, 0.2) is 0 Å². The number of rotatable bonds is 5. The zero-order valence-electron chi connectivity index (χ0n) is 14.0. The summed E-state index contributed by atoms with van der Waals surface area (Å²) in [7, 11) is 0. The average Bonchev–Trinajstić information content (AvgIpc) is 2.60. The Kier molecular flexibility index (Phi) is 7.27. The van der Waals surface area contributed by atoms with E-state index in [2.05, 4.69) is 5.32 Å². The van der Waals surface area contributed by atoms with Crippen molar-refractivity contribution in [3.8, 4) is 0 Å². The maximum absolute atomic E-state index is 11.4. The van der Waals surface area contributed by atoms with Crippen molar-refractivity contribution in [2.24, 2.45) is 0 Å². The fourth-order valence-corrected chi connectivity index (χ4v) is 2.97. The van der Waals surface area contributed by atoms with Gasteiger partial charge in [-0.3, -0.25) is 4.79 Å². The van der Waals surface area contributed by atoms with Crippen LogP contribution in [0.4, 0.5) is 0 Å². The molecular formula is C14H25NO11. The number of carbonyl (C=O) groups is 1. The van der Waals surface area contributed by atoms with Gasteiger partial charge in [0.05, 0.1) is 13.2 Å². The lowest BCUT2D eigenvalue weighted by Crippen LogP contribution is -2.67. The summed E-state index contributed by atoms with van der Waals surface area (Å²) in [5.41, 5.74) is 0. The average molecular weight is 383 g/mol. The molecule has 2 aliphatic rings. The molecular weight excluding hydrogens is 358 g/mol. The topological polar surface area (TPSA) is 198 Å². The van der Waals surface area contributed by atoms with Crippen LogP contribution in [0.1, 0.15) is 6.92 Å². The Bertz CT molecular complexity index is 478. The van der Waals surface area contributed by atoms with E-state index in [9.17, 15) is 40.5 Å². The van der Waals surface area contributed by atoms with Crippen molar-refractivity contribution >= 4 is 5.91 Å². The van der Waals surface area contributed by atoms with E-state index in [0.29, 0.717) is 0 Å². The van der Waals surface area contributed by atoms with Crippen LogP contribution in [0.5, 0.6) is 0 Å². The SMILES string of the molecule is CC(=O)N[C@@H]1[C@@H](O[C@H]2O[C@H](CO)[C@@H](O)[C@H](O)[C@@H]2O)[C@@H](O)[C@@H](CO)O[C@H]1O. The quantitative estimate of drug-likeness (QED) is 0.226.